The minimum absolute atomic E-state index is 0.122. The van der Waals surface area contributed by atoms with Crippen molar-refractivity contribution in [3.63, 3.8) is 0 Å². The molecule has 1 N–H and O–H groups in total. The Bertz CT molecular complexity index is 875. The maximum atomic E-state index is 12.1. The summed E-state index contributed by atoms with van der Waals surface area (Å²) in [6.07, 6.45) is 0.808. The van der Waals surface area contributed by atoms with E-state index >= 15 is 0 Å². The highest BCUT2D eigenvalue weighted by atomic mass is 35.5. The number of amides is 1. The molecule has 0 saturated heterocycles. The van der Waals surface area contributed by atoms with Crippen molar-refractivity contribution in [2.24, 2.45) is 7.05 Å². The number of thioether (sulfide) groups is 1. The number of hydrogen-bond donors (Lipinski definition) is 1. The lowest BCUT2D eigenvalue weighted by Crippen LogP contribution is -2.14. The van der Waals surface area contributed by atoms with Crippen molar-refractivity contribution in [3.8, 4) is 11.3 Å². The number of nitrogens with one attached hydrogen (secondary N) is 1. The van der Waals surface area contributed by atoms with Gasteiger partial charge in [-0.1, -0.05) is 42.4 Å². The highest BCUT2D eigenvalue weighted by molar-refractivity contribution is 7.99. The number of aromatic nitrogens is 4. The molecular weight excluding hydrogens is 378 g/mol. The second kappa shape index (κ2) is 7.99. The summed E-state index contributed by atoms with van der Waals surface area (Å²) >= 11 is 8.64. The van der Waals surface area contributed by atoms with E-state index < -0.39 is 0 Å². The third-order valence-corrected chi connectivity index (χ3v) is 5.49. The van der Waals surface area contributed by atoms with E-state index in [9.17, 15) is 4.79 Å². The van der Waals surface area contributed by atoms with Crippen LogP contribution in [0.2, 0.25) is 5.02 Å². The highest BCUT2D eigenvalue weighted by Crippen LogP contribution is 2.26. The van der Waals surface area contributed by atoms with E-state index in [1.807, 2.05) is 48.2 Å². The van der Waals surface area contributed by atoms with Crippen molar-refractivity contribution < 1.29 is 4.79 Å². The summed E-state index contributed by atoms with van der Waals surface area (Å²) in [4.78, 5) is 16.6. The van der Waals surface area contributed by atoms with Crippen LogP contribution in [0.25, 0.3) is 11.3 Å². The number of anilines is 1. The predicted octanol–water partition coefficient (Wildman–Crippen LogP) is 3.89. The molecule has 2 heterocycles. The molecule has 6 nitrogen and oxygen atoms in total. The Morgan fingerprint density at radius 1 is 1.32 bits per heavy atom. The Hall–Kier alpha value is -1.90. The smallest absolute Gasteiger partial charge is 0.236 e. The predicted molar refractivity (Wildman–Crippen MR) is 102 cm³/mol. The Morgan fingerprint density at radius 2 is 2.08 bits per heavy atom. The lowest BCUT2D eigenvalue weighted by atomic mass is 10.2. The number of hydrogen-bond acceptors (Lipinski definition) is 6. The fourth-order valence-corrected chi connectivity index (χ4v) is 3.74. The first kappa shape index (κ1) is 17.9. The van der Waals surface area contributed by atoms with Crippen LogP contribution in [0.3, 0.4) is 0 Å². The topological polar surface area (TPSA) is 72.7 Å². The molecule has 1 aromatic carbocycles. The van der Waals surface area contributed by atoms with Crippen molar-refractivity contribution in [2.45, 2.75) is 18.5 Å². The van der Waals surface area contributed by atoms with Gasteiger partial charge in [0, 0.05) is 29.4 Å². The molecule has 0 aliphatic carbocycles. The van der Waals surface area contributed by atoms with Gasteiger partial charge in [-0.2, -0.15) is 0 Å². The van der Waals surface area contributed by atoms with Crippen LogP contribution in [-0.4, -0.2) is 31.4 Å². The first-order chi connectivity index (χ1) is 12.1. The van der Waals surface area contributed by atoms with Gasteiger partial charge in [0.25, 0.3) is 0 Å². The minimum Gasteiger partial charge on any atom is -0.309 e. The fourth-order valence-electron chi connectivity index (χ4n) is 2.15. The van der Waals surface area contributed by atoms with E-state index in [2.05, 4.69) is 20.5 Å². The van der Waals surface area contributed by atoms with Crippen LogP contribution in [0.5, 0.6) is 0 Å². The second-order valence-electron chi connectivity index (χ2n) is 5.19. The lowest BCUT2D eigenvalue weighted by molar-refractivity contribution is -0.113. The number of benzene rings is 1. The third kappa shape index (κ3) is 4.39. The van der Waals surface area contributed by atoms with Gasteiger partial charge in [-0.3, -0.25) is 4.79 Å². The number of thiazole rings is 1. The van der Waals surface area contributed by atoms with Crippen LogP contribution >= 0.6 is 34.7 Å². The molecule has 0 aliphatic heterocycles. The first-order valence-electron chi connectivity index (χ1n) is 7.59. The second-order valence-corrected chi connectivity index (χ2v) is 7.43. The summed E-state index contributed by atoms with van der Waals surface area (Å²) < 4.78 is 1.90. The summed E-state index contributed by atoms with van der Waals surface area (Å²) in [5, 5.41) is 14.9. The Kier molecular flexibility index (Phi) is 5.72. The third-order valence-electron chi connectivity index (χ3n) is 3.46. The van der Waals surface area contributed by atoms with Gasteiger partial charge >= 0.3 is 0 Å². The molecule has 0 bridgehead atoms. The molecule has 9 heteroatoms. The molecular formula is C16H16ClN5OS2. The van der Waals surface area contributed by atoms with Gasteiger partial charge in [-0.25, -0.2) is 4.98 Å². The number of carbonyl (C=O) groups excluding carboxylic acids is 1. The summed E-state index contributed by atoms with van der Waals surface area (Å²) in [6.45, 7) is 2.02. The van der Waals surface area contributed by atoms with Crippen molar-refractivity contribution in [3.05, 3.63) is 40.5 Å². The summed E-state index contributed by atoms with van der Waals surface area (Å²) in [5.74, 6) is 1.03. The van der Waals surface area contributed by atoms with E-state index in [1.165, 1.54) is 23.1 Å². The summed E-state index contributed by atoms with van der Waals surface area (Å²) in [5.41, 5.74) is 1.77. The molecule has 0 radical (unpaired) electrons. The van der Waals surface area contributed by atoms with E-state index in [1.54, 1.807) is 0 Å². The monoisotopic (exact) mass is 393 g/mol. The van der Waals surface area contributed by atoms with Crippen molar-refractivity contribution in [1.29, 1.82) is 0 Å². The van der Waals surface area contributed by atoms with Gasteiger partial charge < -0.3 is 9.88 Å². The molecule has 0 aliphatic rings. The molecule has 1 amide bonds. The van der Waals surface area contributed by atoms with Crippen LogP contribution in [-0.2, 0) is 18.3 Å². The molecule has 0 fully saturated rings. The molecule has 3 rings (SSSR count). The summed E-state index contributed by atoms with van der Waals surface area (Å²) in [7, 11) is 1.90. The number of rotatable bonds is 6. The van der Waals surface area contributed by atoms with Gasteiger partial charge in [0.1, 0.15) is 5.82 Å². The molecule has 25 heavy (non-hydrogen) atoms. The number of nitrogens with zero attached hydrogens (tertiary/aromatic N) is 4. The maximum absolute atomic E-state index is 12.1. The zero-order valence-electron chi connectivity index (χ0n) is 13.7. The largest absolute Gasteiger partial charge is 0.309 e. The number of carbonyl (C=O) groups is 1. The van der Waals surface area contributed by atoms with Crippen molar-refractivity contribution in [1.82, 2.24) is 19.7 Å². The zero-order valence-corrected chi connectivity index (χ0v) is 16.1. The zero-order chi connectivity index (χ0) is 17.8. The van der Waals surface area contributed by atoms with Crippen LogP contribution in [0, 0.1) is 0 Å². The van der Waals surface area contributed by atoms with Gasteiger partial charge in [0.2, 0.25) is 5.91 Å². The van der Waals surface area contributed by atoms with Gasteiger partial charge in [-0.05, 0) is 12.1 Å². The Morgan fingerprint density at radius 3 is 2.76 bits per heavy atom. The minimum atomic E-state index is -0.122. The van der Waals surface area contributed by atoms with E-state index in [0.29, 0.717) is 10.2 Å². The molecule has 3 aromatic rings. The molecule has 130 valence electrons. The van der Waals surface area contributed by atoms with Crippen LogP contribution in [0.15, 0.2) is 34.8 Å². The molecule has 0 spiro atoms. The molecule has 0 unspecified atom stereocenters. The van der Waals surface area contributed by atoms with Crippen molar-refractivity contribution in [2.75, 3.05) is 11.1 Å². The standard InChI is InChI=1S/C16H16ClN5OS2/c1-3-13-20-21-16(22(13)2)25-9-14(23)19-15-18-12(8-24-15)10-4-6-11(17)7-5-10/h4-8H,3,9H2,1-2H3,(H,18,19,23). The van der Waals surface area contributed by atoms with Gasteiger partial charge in [-0.15, -0.1) is 21.5 Å². The van der Waals surface area contributed by atoms with Crippen molar-refractivity contribution >= 4 is 45.7 Å². The van der Waals surface area contributed by atoms with E-state index in [0.717, 1.165) is 28.7 Å². The quantitative estimate of drug-likeness (QED) is 0.643. The average molecular weight is 394 g/mol. The molecule has 0 saturated carbocycles. The van der Waals surface area contributed by atoms with Crippen LogP contribution < -0.4 is 5.32 Å². The SMILES string of the molecule is CCc1nnc(SCC(=O)Nc2nc(-c3ccc(Cl)cc3)cs2)n1C. The fraction of sp³-hybridized carbons (Fsp3) is 0.250. The summed E-state index contributed by atoms with van der Waals surface area (Å²) in [6, 6.07) is 7.43. The molecule has 2 aromatic heterocycles. The van der Waals surface area contributed by atoms with Gasteiger partial charge in [0.15, 0.2) is 10.3 Å². The van der Waals surface area contributed by atoms with E-state index in [-0.39, 0.29) is 11.7 Å². The number of halogens is 1. The number of aryl methyl sites for hydroxylation is 1. The Labute approximate surface area is 158 Å². The molecule has 0 atom stereocenters. The first-order valence-corrected chi connectivity index (χ1v) is 9.83. The van der Waals surface area contributed by atoms with E-state index in [4.69, 9.17) is 11.6 Å². The maximum Gasteiger partial charge on any atom is 0.236 e. The van der Waals surface area contributed by atoms with Crippen LogP contribution in [0.1, 0.15) is 12.7 Å². The normalized spacial score (nSPS) is 10.8. The van der Waals surface area contributed by atoms with Crippen LogP contribution in [0.4, 0.5) is 5.13 Å². The lowest BCUT2D eigenvalue weighted by Gasteiger charge is -2.02. The van der Waals surface area contributed by atoms with Gasteiger partial charge in [0.05, 0.1) is 11.4 Å². The average Bonchev–Trinajstić information content (AvgIpc) is 3.20. The Balaban J connectivity index is 1.58. The highest BCUT2D eigenvalue weighted by Gasteiger charge is 2.12.